The Kier molecular flexibility index (Phi) is 7.52. The summed E-state index contributed by atoms with van der Waals surface area (Å²) in [4.78, 5) is 46.2. The summed E-state index contributed by atoms with van der Waals surface area (Å²) < 4.78 is 15.3. The molecular formula is C21H24O8. The molecule has 1 fully saturated rings. The van der Waals surface area contributed by atoms with Gasteiger partial charge in [0.15, 0.2) is 6.61 Å². The molecule has 0 unspecified atom stereocenters. The van der Waals surface area contributed by atoms with E-state index >= 15 is 0 Å². The predicted molar refractivity (Wildman–Crippen MR) is 101 cm³/mol. The van der Waals surface area contributed by atoms with Crippen LogP contribution < -0.4 is 9.47 Å². The molecule has 1 N–H and O–H groups in total. The van der Waals surface area contributed by atoms with Gasteiger partial charge in [0.1, 0.15) is 11.5 Å². The third-order valence-corrected chi connectivity index (χ3v) is 4.78. The molecule has 156 valence electrons. The van der Waals surface area contributed by atoms with Gasteiger partial charge in [-0.25, -0.2) is 9.59 Å². The van der Waals surface area contributed by atoms with Crippen molar-refractivity contribution < 1.29 is 38.5 Å². The summed E-state index contributed by atoms with van der Waals surface area (Å²) in [7, 11) is 0. The Morgan fingerprint density at radius 1 is 1.03 bits per heavy atom. The average Bonchev–Trinajstić information content (AvgIpc) is 2.68. The lowest BCUT2D eigenvalue weighted by Crippen LogP contribution is -2.28. The summed E-state index contributed by atoms with van der Waals surface area (Å²) in [5, 5.41) is 9.04. The van der Waals surface area contributed by atoms with E-state index in [1.807, 2.05) is 0 Å². The predicted octanol–water partition coefficient (Wildman–Crippen LogP) is 2.73. The van der Waals surface area contributed by atoms with Gasteiger partial charge in [0.05, 0.1) is 11.8 Å². The van der Waals surface area contributed by atoms with E-state index in [4.69, 9.17) is 14.6 Å². The summed E-state index contributed by atoms with van der Waals surface area (Å²) in [5.74, 6) is -2.80. The fraction of sp³-hybridized carbons (Fsp3) is 0.429. The van der Waals surface area contributed by atoms with Crippen LogP contribution in [-0.4, -0.2) is 35.6 Å². The number of carboxylic acids is 1. The Labute approximate surface area is 168 Å². The Bertz CT molecular complexity index is 795. The maximum atomic E-state index is 12.4. The third-order valence-electron chi connectivity index (χ3n) is 4.78. The van der Waals surface area contributed by atoms with Crippen LogP contribution in [0, 0.1) is 25.7 Å². The zero-order valence-electron chi connectivity index (χ0n) is 16.4. The number of hydrogen-bond donors (Lipinski definition) is 1. The number of aryl methyl sites for hydroxylation is 2. The quantitative estimate of drug-likeness (QED) is 0.419. The average molecular weight is 404 g/mol. The maximum Gasteiger partial charge on any atom is 0.349 e. The number of aliphatic carboxylic acids is 1. The zero-order valence-corrected chi connectivity index (χ0v) is 16.4. The van der Waals surface area contributed by atoms with Crippen molar-refractivity contribution in [2.45, 2.75) is 39.5 Å². The van der Waals surface area contributed by atoms with E-state index < -0.39 is 36.4 Å². The summed E-state index contributed by atoms with van der Waals surface area (Å²) in [6.45, 7) is 6.08. The number of hydrogen-bond acceptors (Lipinski definition) is 7. The number of rotatable bonds is 7. The third kappa shape index (κ3) is 6.17. The molecule has 0 heterocycles. The summed E-state index contributed by atoms with van der Waals surface area (Å²) in [6, 6.07) is 3.15. The van der Waals surface area contributed by atoms with Crippen LogP contribution in [0.4, 0.5) is 0 Å². The molecule has 2 rings (SSSR count). The number of carboxylic acid groups (broad SMARTS) is 1. The molecule has 29 heavy (non-hydrogen) atoms. The summed E-state index contributed by atoms with van der Waals surface area (Å²) >= 11 is 0. The van der Waals surface area contributed by atoms with Crippen molar-refractivity contribution in [1.82, 2.24) is 0 Å². The van der Waals surface area contributed by atoms with Gasteiger partial charge in [0, 0.05) is 6.08 Å². The van der Waals surface area contributed by atoms with Crippen molar-refractivity contribution >= 4 is 23.9 Å². The van der Waals surface area contributed by atoms with Crippen LogP contribution >= 0.6 is 0 Å². The van der Waals surface area contributed by atoms with Gasteiger partial charge in [-0.1, -0.05) is 6.58 Å². The molecule has 8 nitrogen and oxygen atoms in total. The molecule has 1 aliphatic rings. The number of benzene rings is 1. The second-order valence-corrected chi connectivity index (χ2v) is 6.98. The largest absolute Gasteiger partial charge is 0.481 e. The van der Waals surface area contributed by atoms with Gasteiger partial charge in [0.25, 0.3) is 0 Å². The highest BCUT2D eigenvalue weighted by Crippen LogP contribution is 2.32. The van der Waals surface area contributed by atoms with Crippen LogP contribution in [0.3, 0.4) is 0 Å². The number of esters is 3. The highest BCUT2D eigenvalue weighted by molar-refractivity contribution is 5.84. The van der Waals surface area contributed by atoms with E-state index in [1.165, 1.54) is 0 Å². The number of ether oxygens (including phenoxy) is 3. The lowest BCUT2D eigenvalue weighted by molar-refractivity contribution is -0.150. The molecule has 0 spiro atoms. The molecule has 1 saturated carbocycles. The Morgan fingerprint density at radius 2 is 1.59 bits per heavy atom. The fourth-order valence-electron chi connectivity index (χ4n) is 3.24. The van der Waals surface area contributed by atoms with Crippen molar-refractivity contribution in [2.75, 3.05) is 6.61 Å². The summed E-state index contributed by atoms with van der Waals surface area (Å²) in [5.41, 5.74) is 1.15. The van der Waals surface area contributed by atoms with Crippen LogP contribution in [0.1, 0.15) is 36.8 Å². The minimum absolute atomic E-state index is 0.298. The first-order chi connectivity index (χ1) is 13.7. The van der Waals surface area contributed by atoms with E-state index in [1.54, 1.807) is 26.0 Å². The van der Waals surface area contributed by atoms with Crippen molar-refractivity contribution in [2.24, 2.45) is 11.8 Å². The molecular weight excluding hydrogens is 380 g/mol. The maximum absolute atomic E-state index is 12.4. The van der Waals surface area contributed by atoms with E-state index in [0.29, 0.717) is 48.3 Å². The molecule has 0 radical (unpaired) electrons. The van der Waals surface area contributed by atoms with Gasteiger partial charge in [0.2, 0.25) is 0 Å². The first-order valence-corrected chi connectivity index (χ1v) is 9.26. The monoisotopic (exact) mass is 404 g/mol. The Morgan fingerprint density at radius 3 is 2.10 bits per heavy atom. The molecule has 0 amide bonds. The second-order valence-electron chi connectivity index (χ2n) is 6.98. The van der Waals surface area contributed by atoms with E-state index in [9.17, 15) is 19.2 Å². The molecule has 8 heteroatoms. The molecule has 1 aromatic rings. The minimum Gasteiger partial charge on any atom is -0.481 e. The van der Waals surface area contributed by atoms with Crippen molar-refractivity contribution in [3.8, 4) is 11.5 Å². The van der Waals surface area contributed by atoms with Gasteiger partial charge in [-0.2, -0.15) is 0 Å². The van der Waals surface area contributed by atoms with Crippen molar-refractivity contribution in [3.05, 3.63) is 35.9 Å². The number of carbonyl (C=O) groups excluding carboxylic acids is 3. The topological polar surface area (TPSA) is 116 Å². The lowest BCUT2D eigenvalue weighted by atomic mass is 9.82. The standard InChI is InChI=1S/C21H24O8/c1-4-17(22)27-11-18(23)29-19-12(2)9-16(10-13(19)3)28-21(26)15-7-5-14(6-8-15)20(24)25/h4,9-10,14-15H,1,5-8,11H2,2-3H3,(H,24,25). The molecule has 0 saturated heterocycles. The van der Waals surface area contributed by atoms with Crippen LogP contribution in [0.25, 0.3) is 0 Å². The van der Waals surface area contributed by atoms with Gasteiger partial charge in [-0.05, 0) is 62.8 Å². The second kappa shape index (κ2) is 9.86. The van der Waals surface area contributed by atoms with Crippen molar-refractivity contribution in [3.63, 3.8) is 0 Å². The number of carbonyl (C=O) groups is 4. The van der Waals surface area contributed by atoms with Crippen LogP contribution in [0.15, 0.2) is 24.8 Å². The first kappa shape index (κ1) is 22.1. The van der Waals surface area contributed by atoms with E-state index in [-0.39, 0.29) is 5.92 Å². The van der Waals surface area contributed by atoms with Gasteiger partial charge in [-0.3, -0.25) is 9.59 Å². The molecule has 0 aromatic heterocycles. The normalized spacial score (nSPS) is 18.4. The van der Waals surface area contributed by atoms with Crippen molar-refractivity contribution in [1.29, 1.82) is 0 Å². The highest BCUT2D eigenvalue weighted by atomic mass is 16.6. The van der Waals surface area contributed by atoms with Crippen LogP contribution in [-0.2, 0) is 23.9 Å². The van der Waals surface area contributed by atoms with Gasteiger partial charge in [-0.15, -0.1) is 0 Å². The molecule has 0 aliphatic heterocycles. The minimum atomic E-state index is -0.826. The molecule has 1 aromatic carbocycles. The highest BCUT2D eigenvalue weighted by Gasteiger charge is 2.31. The fourth-order valence-corrected chi connectivity index (χ4v) is 3.24. The molecule has 0 atom stereocenters. The van der Waals surface area contributed by atoms with Gasteiger partial charge < -0.3 is 19.3 Å². The smallest absolute Gasteiger partial charge is 0.349 e. The van der Waals surface area contributed by atoms with E-state index in [2.05, 4.69) is 11.3 Å². The van der Waals surface area contributed by atoms with Crippen LogP contribution in [0.5, 0.6) is 11.5 Å². The Hall–Kier alpha value is -3.16. The zero-order chi connectivity index (χ0) is 21.6. The van der Waals surface area contributed by atoms with Crippen LogP contribution in [0.2, 0.25) is 0 Å². The lowest BCUT2D eigenvalue weighted by Gasteiger charge is -2.24. The van der Waals surface area contributed by atoms with Gasteiger partial charge >= 0.3 is 23.9 Å². The Balaban J connectivity index is 1.97. The van der Waals surface area contributed by atoms with E-state index in [0.717, 1.165) is 6.08 Å². The molecule has 0 bridgehead atoms. The first-order valence-electron chi connectivity index (χ1n) is 9.26. The summed E-state index contributed by atoms with van der Waals surface area (Å²) in [6.07, 6.45) is 2.82. The SMILES string of the molecule is C=CC(=O)OCC(=O)Oc1c(C)cc(OC(=O)C2CCC(C(=O)O)CC2)cc1C. The molecule has 1 aliphatic carbocycles.